The molecule has 0 saturated carbocycles. The topological polar surface area (TPSA) is 21.7 Å². The van der Waals surface area contributed by atoms with Gasteiger partial charge in [-0.15, -0.1) is 4.68 Å². The zero-order chi connectivity index (χ0) is 8.43. The van der Waals surface area contributed by atoms with Crippen LogP contribution in [0.25, 0.3) is 0 Å². The Morgan fingerprint density at radius 2 is 2.45 bits per heavy atom. The van der Waals surface area contributed by atoms with Crippen molar-refractivity contribution >= 4 is 12.6 Å². The fourth-order valence-electron chi connectivity index (χ4n) is 0.923. The van der Waals surface area contributed by atoms with E-state index in [-0.39, 0.29) is 0 Å². The number of rotatable bonds is 2. The molecule has 0 aliphatic heterocycles. The van der Waals surface area contributed by atoms with Crippen LogP contribution < -0.4 is 4.68 Å². The number of nitrogens with zero attached hydrogens (tertiary/aromatic N) is 3. The maximum absolute atomic E-state index is 4.21. The number of allylic oxidation sites excluding steroid dienone is 1. The van der Waals surface area contributed by atoms with Gasteiger partial charge in [0.05, 0.1) is 0 Å². The molecule has 1 heterocycles. The van der Waals surface area contributed by atoms with E-state index >= 15 is 0 Å². The van der Waals surface area contributed by atoms with Crippen molar-refractivity contribution < 1.29 is 4.68 Å². The van der Waals surface area contributed by atoms with Crippen LogP contribution in [-0.4, -0.2) is 9.67 Å². The first-order valence-corrected chi connectivity index (χ1v) is 3.85. The van der Waals surface area contributed by atoms with E-state index in [4.69, 9.17) is 0 Å². The molecule has 0 amide bonds. The van der Waals surface area contributed by atoms with Crippen LogP contribution in [0.1, 0.15) is 5.82 Å². The fourth-order valence-corrected chi connectivity index (χ4v) is 1.28. The summed E-state index contributed by atoms with van der Waals surface area (Å²) in [6, 6.07) is 0. The quantitative estimate of drug-likeness (QED) is 0.389. The van der Waals surface area contributed by atoms with E-state index in [1.54, 1.807) is 4.68 Å². The molecular weight excluding hydrogens is 158 g/mol. The number of aryl methyl sites for hydroxylation is 1. The molecule has 0 aliphatic carbocycles. The monoisotopic (exact) mass is 170 g/mol. The van der Waals surface area contributed by atoms with E-state index in [1.807, 2.05) is 24.6 Å². The summed E-state index contributed by atoms with van der Waals surface area (Å²) in [5, 5.41) is 4.85. The van der Waals surface area contributed by atoms with Crippen LogP contribution in [-0.2, 0) is 13.6 Å². The van der Waals surface area contributed by atoms with E-state index in [9.17, 15) is 0 Å². The minimum atomic E-state index is 0.727. The predicted molar refractivity (Wildman–Crippen MR) is 45.6 cm³/mol. The van der Waals surface area contributed by atoms with Crippen molar-refractivity contribution in [1.82, 2.24) is 9.67 Å². The van der Waals surface area contributed by atoms with Crippen molar-refractivity contribution in [1.29, 1.82) is 0 Å². The highest BCUT2D eigenvalue weighted by molar-refractivity contribution is 7.80. The standard InChI is InChI=1S/C7H11N3S/c1-4-5-10-6(2)9(3)8-7(10)11/h4H,1,5H2,2-3H3/p+1. The Kier molecular flexibility index (Phi) is 2.34. The lowest BCUT2D eigenvalue weighted by Crippen LogP contribution is -2.33. The first-order chi connectivity index (χ1) is 5.16. The van der Waals surface area contributed by atoms with E-state index in [0.717, 1.165) is 17.5 Å². The summed E-state index contributed by atoms with van der Waals surface area (Å²) in [4.78, 5) is 0. The Hall–Kier alpha value is -0.770. The average molecular weight is 170 g/mol. The molecule has 0 atom stereocenters. The van der Waals surface area contributed by atoms with Gasteiger partial charge in [-0.25, -0.2) is 4.57 Å². The third kappa shape index (κ3) is 1.45. The summed E-state index contributed by atoms with van der Waals surface area (Å²) < 4.78 is 3.78. The van der Waals surface area contributed by atoms with Gasteiger partial charge >= 0.3 is 0 Å². The molecule has 0 N–H and O–H groups in total. The zero-order valence-electron chi connectivity index (χ0n) is 6.78. The Bertz CT molecular complexity index is 277. The molecule has 1 aromatic heterocycles. The first kappa shape index (κ1) is 8.33. The molecule has 0 spiro atoms. The van der Waals surface area contributed by atoms with Crippen molar-refractivity contribution in [2.75, 3.05) is 0 Å². The highest BCUT2D eigenvalue weighted by Crippen LogP contribution is 2.02. The minimum absolute atomic E-state index is 0.727. The Morgan fingerprint density at radius 1 is 1.82 bits per heavy atom. The minimum Gasteiger partial charge on any atom is -0.202 e. The summed E-state index contributed by atoms with van der Waals surface area (Å²) in [5.74, 6) is 1.08. The number of hydrogen-bond donors (Lipinski definition) is 1. The van der Waals surface area contributed by atoms with Crippen LogP contribution >= 0.6 is 12.6 Å². The van der Waals surface area contributed by atoms with Gasteiger partial charge in [0.25, 0.3) is 11.0 Å². The molecule has 0 radical (unpaired) electrons. The molecule has 0 aromatic carbocycles. The number of aromatic nitrogens is 3. The molecule has 1 aromatic rings. The summed E-state index contributed by atoms with van der Waals surface area (Å²) in [5.41, 5.74) is 0. The lowest BCUT2D eigenvalue weighted by molar-refractivity contribution is -0.736. The van der Waals surface area contributed by atoms with Crippen molar-refractivity contribution in [3.8, 4) is 0 Å². The highest BCUT2D eigenvalue weighted by Gasteiger charge is 2.14. The smallest absolute Gasteiger partial charge is 0.202 e. The first-order valence-electron chi connectivity index (χ1n) is 3.40. The maximum atomic E-state index is 4.21. The second kappa shape index (κ2) is 3.09. The largest absolute Gasteiger partial charge is 0.292 e. The average Bonchev–Trinajstić information content (AvgIpc) is 2.17. The van der Waals surface area contributed by atoms with E-state index in [0.29, 0.717) is 0 Å². The second-order valence-electron chi connectivity index (χ2n) is 2.37. The van der Waals surface area contributed by atoms with Gasteiger partial charge in [-0.2, -0.15) is 0 Å². The third-order valence-electron chi connectivity index (χ3n) is 1.65. The normalized spacial score (nSPS) is 10.1. The molecule has 4 heteroatoms. The van der Waals surface area contributed by atoms with Crippen LogP contribution in [0.15, 0.2) is 17.8 Å². The van der Waals surface area contributed by atoms with Gasteiger partial charge in [0.1, 0.15) is 13.6 Å². The Labute approximate surface area is 71.8 Å². The lowest BCUT2D eigenvalue weighted by Gasteiger charge is -1.91. The zero-order valence-corrected chi connectivity index (χ0v) is 7.67. The molecule has 0 fully saturated rings. The summed E-state index contributed by atoms with van der Waals surface area (Å²) in [6.07, 6.45) is 1.83. The predicted octanol–water partition coefficient (Wildman–Crippen LogP) is 0.491. The highest BCUT2D eigenvalue weighted by atomic mass is 32.1. The van der Waals surface area contributed by atoms with Crippen LogP contribution in [0.2, 0.25) is 0 Å². The van der Waals surface area contributed by atoms with Crippen molar-refractivity contribution in [2.45, 2.75) is 18.6 Å². The molecule has 11 heavy (non-hydrogen) atoms. The SMILES string of the molecule is C=CCn1c(S)n[n+](C)c1C. The lowest BCUT2D eigenvalue weighted by atomic mass is 10.5. The Balaban J connectivity index is 3.11. The van der Waals surface area contributed by atoms with Gasteiger partial charge in [0, 0.05) is 6.92 Å². The van der Waals surface area contributed by atoms with Crippen molar-refractivity contribution in [3.05, 3.63) is 18.5 Å². The fraction of sp³-hybridized carbons (Fsp3) is 0.429. The van der Waals surface area contributed by atoms with Gasteiger partial charge in [-0.1, -0.05) is 25.3 Å². The van der Waals surface area contributed by atoms with E-state index < -0.39 is 0 Å². The molecule has 0 aliphatic rings. The van der Waals surface area contributed by atoms with Gasteiger partial charge < -0.3 is 0 Å². The van der Waals surface area contributed by atoms with Gasteiger partial charge in [-0.05, 0) is 5.10 Å². The van der Waals surface area contributed by atoms with Crippen molar-refractivity contribution in [2.24, 2.45) is 7.05 Å². The molecule has 0 bridgehead atoms. The third-order valence-corrected chi connectivity index (χ3v) is 1.98. The molecule has 1 rings (SSSR count). The summed E-state index contributed by atoms with van der Waals surface area (Å²) in [6.45, 7) is 6.41. The van der Waals surface area contributed by atoms with Gasteiger partial charge in [0.2, 0.25) is 0 Å². The van der Waals surface area contributed by atoms with Gasteiger partial charge in [-0.3, -0.25) is 0 Å². The Morgan fingerprint density at radius 3 is 2.82 bits per heavy atom. The summed E-state index contributed by atoms with van der Waals surface area (Å²) >= 11 is 4.21. The van der Waals surface area contributed by atoms with Crippen LogP contribution in [0.5, 0.6) is 0 Å². The van der Waals surface area contributed by atoms with E-state index in [1.165, 1.54) is 0 Å². The van der Waals surface area contributed by atoms with Crippen LogP contribution in [0.4, 0.5) is 0 Å². The van der Waals surface area contributed by atoms with Gasteiger partial charge in [0.15, 0.2) is 0 Å². The van der Waals surface area contributed by atoms with Crippen LogP contribution in [0.3, 0.4) is 0 Å². The second-order valence-corrected chi connectivity index (χ2v) is 2.77. The van der Waals surface area contributed by atoms with Crippen LogP contribution in [0, 0.1) is 6.92 Å². The number of thiol groups is 1. The molecule has 60 valence electrons. The maximum Gasteiger partial charge on any atom is 0.292 e. The summed E-state index contributed by atoms with van der Waals surface area (Å²) in [7, 11) is 1.90. The molecule has 3 nitrogen and oxygen atoms in total. The number of hydrogen-bond acceptors (Lipinski definition) is 2. The van der Waals surface area contributed by atoms with Crippen molar-refractivity contribution in [3.63, 3.8) is 0 Å². The van der Waals surface area contributed by atoms with E-state index in [2.05, 4.69) is 24.3 Å². The molecule has 0 unspecified atom stereocenters. The molecular formula is C7H12N3S+. The molecule has 0 saturated heterocycles.